The summed E-state index contributed by atoms with van der Waals surface area (Å²) in [5, 5.41) is 2.44. The van der Waals surface area contributed by atoms with Gasteiger partial charge in [-0.15, -0.1) is 19.8 Å². The number of sulfonamides is 1. The molecule has 0 bridgehead atoms. The minimum atomic E-state index is -4.83. The summed E-state index contributed by atoms with van der Waals surface area (Å²) in [5.41, 5.74) is 0.252. The monoisotopic (exact) mass is 471 g/mol. The van der Waals surface area contributed by atoms with Crippen molar-refractivity contribution in [3.63, 3.8) is 0 Å². The van der Waals surface area contributed by atoms with Crippen LogP contribution in [0.15, 0.2) is 66.1 Å². The maximum Gasteiger partial charge on any atom is 0.573 e. The van der Waals surface area contributed by atoms with Gasteiger partial charge in [-0.2, -0.15) is 0 Å². The van der Waals surface area contributed by atoms with Crippen LogP contribution in [0.3, 0.4) is 0 Å². The van der Waals surface area contributed by atoms with Crippen molar-refractivity contribution in [3.8, 4) is 5.75 Å². The molecule has 0 saturated carbocycles. The van der Waals surface area contributed by atoms with Gasteiger partial charge in [0.2, 0.25) is 15.9 Å². The quantitative estimate of drug-likeness (QED) is 0.548. The SMILES string of the molecule is C=CCNS(=O)(=O)c1cccc(C(=O)N(C)CC(=O)Nc2ccc(OC(F)(F)F)cc2)c1. The molecule has 172 valence electrons. The predicted molar refractivity (Wildman–Crippen MR) is 111 cm³/mol. The molecule has 0 spiro atoms. The van der Waals surface area contributed by atoms with E-state index in [0.717, 1.165) is 17.0 Å². The topological polar surface area (TPSA) is 105 Å². The summed E-state index contributed by atoms with van der Waals surface area (Å²) in [6.07, 6.45) is -3.46. The van der Waals surface area contributed by atoms with E-state index in [1.807, 2.05) is 0 Å². The summed E-state index contributed by atoms with van der Waals surface area (Å²) < 4.78 is 67.0. The molecule has 0 aliphatic heterocycles. The molecule has 2 N–H and O–H groups in total. The van der Waals surface area contributed by atoms with Gasteiger partial charge in [-0.05, 0) is 42.5 Å². The highest BCUT2D eigenvalue weighted by Gasteiger charge is 2.31. The van der Waals surface area contributed by atoms with Crippen molar-refractivity contribution < 1.29 is 35.9 Å². The third-order valence-corrected chi connectivity index (χ3v) is 5.33. The highest BCUT2D eigenvalue weighted by molar-refractivity contribution is 7.89. The number of amides is 2. The lowest BCUT2D eigenvalue weighted by atomic mass is 10.2. The first kappa shape index (κ1) is 24.9. The molecule has 12 heteroatoms. The Morgan fingerprint density at radius 2 is 1.81 bits per heavy atom. The second-order valence-electron chi connectivity index (χ2n) is 6.45. The number of nitrogens with zero attached hydrogens (tertiary/aromatic N) is 1. The lowest BCUT2D eigenvalue weighted by Gasteiger charge is -2.17. The van der Waals surface area contributed by atoms with Gasteiger partial charge in [-0.3, -0.25) is 9.59 Å². The van der Waals surface area contributed by atoms with Gasteiger partial charge in [0.1, 0.15) is 5.75 Å². The molecular weight excluding hydrogens is 451 g/mol. The summed E-state index contributed by atoms with van der Waals surface area (Å²) in [6, 6.07) is 9.80. The zero-order chi connectivity index (χ0) is 23.9. The molecule has 0 saturated heterocycles. The fourth-order valence-electron chi connectivity index (χ4n) is 2.50. The van der Waals surface area contributed by atoms with E-state index in [1.54, 1.807) is 0 Å². The Labute approximate surface area is 182 Å². The highest BCUT2D eigenvalue weighted by Crippen LogP contribution is 2.24. The largest absolute Gasteiger partial charge is 0.573 e. The smallest absolute Gasteiger partial charge is 0.406 e. The summed E-state index contributed by atoms with van der Waals surface area (Å²) >= 11 is 0. The normalized spacial score (nSPS) is 11.5. The van der Waals surface area contributed by atoms with Crippen LogP contribution in [0.2, 0.25) is 0 Å². The van der Waals surface area contributed by atoms with Crippen molar-refractivity contribution in [1.29, 1.82) is 0 Å². The molecule has 0 atom stereocenters. The van der Waals surface area contributed by atoms with E-state index < -0.39 is 33.9 Å². The Bertz CT molecular complexity index is 1090. The van der Waals surface area contributed by atoms with Gasteiger partial charge in [0, 0.05) is 24.8 Å². The van der Waals surface area contributed by atoms with Crippen LogP contribution in [0.1, 0.15) is 10.4 Å². The standard InChI is InChI=1S/C20H20F3N3O5S/c1-3-11-24-32(29,30)17-6-4-5-14(12-17)19(28)26(2)13-18(27)25-15-7-9-16(10-8-15)31-20(21,22)23/h3-10,12,24H,1,11,13H2,2H3,(H,25,27). The summed E-state index contributed by atoms with van der Waals surface area (Å²) in [5.74, 6) is -1.66. The molecule has 2 aromatic rings. The van der Waals surface area contributed by atoms with Crippen LogP contribution in [0.5, 0.6) is 5.75 Å². The Hall–Kier alpha value is -3.38. The Balaban J connectivity index is 2.01. The van der Waals surface area contributed by atoms with Gasteiger partial charge in [0.25, 0.3) is 5.91 Å². The van der Waals surface area contributed by atoms with E-state index >= 15 is 0 Å². The van der Waals surface area contributed by atoms with Gasteiger partial charge in [-0.1, -0.05) is 12.1 Å². The van der Waals surface area contributed by atoms with Gasteiger partial charge in [0.05, 0.1) is 11.4 Å². The fraction of sp³-hybridized carbons (Fsp3) is 0.200. The molecule has 0 aromatic heterocycles. The molecule has 0 aliphatic carbocycles. The first-order valence-corrected chi connectivity index (χ1v) is 10.5. The molecule has 0 heterocycles. The van der Waals surface area contributed by atoms with Gasteiger partial charge in [-0.25, -0.2) is 13.1 Å². The van der Waals surface area contributed by atoms with Crippen molar-refractivity contribution in [2.75, 3.05) is 25.5 Å². The van der Waals surface area contributed by atoms with Crippen LogP contribution in [0.4, 0.5) is 18.9 Å². The van der Waals surface area contributed by atoms with E-state index in [2.05, 4.69) is 21.4 Å². The molecular formula is C20H20F3N3O5S. The Kier molecular flexibility index (Phi) is 8.00. The number of carbonyl (C=O) groups is 2. The van der Waals surface area contributed by atoms with Crippen LogP contribution in [-0.4, -0.2) is 51.6 Å². The molecule has 0 fully saturated rings. The minimum Gasteiger partial charge on any atom is -0.406 e. The van der Waals surface area contributed by atoms with Crippen LogP contribution >= 0.6 is 0 Å². The van der Waals surface area contributed by atoms with E-state index in [1.165, 1.54) is 49.5 Å². The van der Waals surface area contributed by atoms with Crippen LogP contribution < -0.4 is 14.8 Å². The number of anilines is 1. The van der Waals surface area contributed by atoms with Crippen molar-refractivity contribution in [2.45, 2.75) is 11.3 Å². The van der Waals surface area contributed by atoms with Crippen molar-refractivity contribution in [3.05, 3.63) is 66.7 Å². The van der Waals surface area contributed by atoms with E-state index in [0.29, 0.717) is 0 Å². The molecule has 32 heavy (non-hydrogen) atoms. The van der Waals surface area contributed by atoms with Crippen LogP contribution in [0, 0.1) is 0 Å². The second kappa shape index (κ2) is 10.3. The zero-order valence-corrected chi connectivity index (χ0v) is 17.7. The lowest BCUT2D eigenvalue weighted by molar-refractivity contribution is -0.274. The molecule has 2 amide bonds. The maximum absolute atomic E-state index is 12.6. The van der Waals surface area contributed by atoms with Gasteiger partial charge >= 0.3 is 6.36 Å². The minimum absolute atomic E-state index is 0.0177. The number of rotatable bonds is 9. The molecule has 2 rings (SSSR count). The Morgan fingerprint density at radius 3 is 2.41 bits per heavy atom. The average molecular weight is 471 g/mol. The lowest BCUT2D eigenvalue weighted by Crippen LogP contribution is -2.35. The number of hydrogen-bond acceptors (Lipinski definition) is 5. The number of alkyl halides is 3. The average Bonchev–Trinajstić information content (AvgIpc) is 2.72. The third kappa shape index (κ3) is 7.39. The number of nitrogens with one attached hydrogen (secondary N) is 2. The first-order valence-electron chi connectivity index (χ1n) is 9.03. The molecule has 8 nitrogen and oxygen atoms in total. The van der Waals surface area contributed by atoms with E-state index in [4.69, 9.17) is 0 Å². The molecule has 2 aromatic carbocycles. The maximum atomic E-state index is 12.6. The Morgan fingerprint density at radius 1 is 1.16 bits per heavy atom. The second-order valence-corrected chi connectivity index (χ2v) is 8.22. The van der Waals surface area contributed by atoms with Crippen LogP contribution in [-0.2, 0) is 14.8 Å². The third-order valence-electron chi connectivity index (χ3n) is 3.91. The van der Waals surface area contributed by atoms with Gasteiger partial charge < -0.3 is 15.0 Å². The number of likely N-dealkylation sites (N-methyl/N-ethyl adjacent to an activating group) is 1. The summed E-state index contributed by atoms with van der Waals surface area (Å²) in [7, 11) is -2.49. The van der Waals surface area contributed by atoms with Crippen LogP contribution in [0.25, 0.3) is 0 Å². The number of ether oxygens (including phenoxy) is 1. The predicted octanol–water partition coefficient (Wildman–Crippen LogP) is 2.76. The number of carbonyl (C=O) groups excluding carboxylic acids is 2. The first-order chi connectivity index (χ1) is 14.9. The number of halogens is 3. The van der Waals surface area contributed by atoms with Crippen molar-refractivity contribution >= 4 is 27.5 Å². The van der Waals surface area contributed by atoms with Crippen molar-refractivity contribution in [1.82, 2.24) is 9.62 Å². The van der Waals surface area contributed by atoms with Crippen molar-refractivity contribution in [2.24, 2.45) is 0 Å². The van der Waals surface area contributed by atoms with E-state index in [-0.39, 0.29) is 29.2 Å². The number of benzene rings is 2. The molecule has 0 unspecified atom stereocenters. The summed E-state index contributed by atoms with van der Waals surface area (Å²) in [6.45, 7) is 3.06. The fourth-order valence-corrected chi connectivity index (χ4v) is 3.54. The van der Waals surface area contributed by atoms with Gasteiger partial charge in [0.15, 0.2) is 0 Å². The highest BCUT2D eigenvalue weighted by atomic mass is 32.2. The molecule has 0 aliphatic rings. The van der Waals surface area contributed by atoms with E-state index in [9.17, 15) is 31.2 Å². The summed E-state index contributed by atoms with van der Waals surface area (Å²) in [4.78, 5) is 25.7. The molecule has 0 radical (unpaired) electrons. The number of hydrogen-bond donors (Lipinski definition) is 2. The zero-order valence-electron chi connectivity index (χ0n) is 16.8.